The molecule has 162 valence electrons. The van der Waals surface area contributed by atoms with Gasteiger partial charge in [-0.15, -0.1) is 0 Å². The van der Waals surface area contributed by atoms with Gasteiger partial charge in [0.25, 0.3) is 0 Å². The van der Waals surface area contributed by atoms with Gasteiger partial charge in [-0.3, -0.25) is 0 Å². The van der Waals surface area contributed by atoms with Crippen molar-refractivity contribution >= 4 is 16.1 Å². The molecule has 2 aliphatic heterocycles. The summed E-state index contributed by atoms with van der Waals surface area (Å²) in [5, 5.41) is 0. The lowest BCUT2D eigenvalue weighted by atomic mass is 9.98. The van der Waals surface area contributed by atoms with Crippen LogP contribution >= 0.6 is 0 Å². The zero-order valence-electron chi connectivity index (χ0n) is 17.2. The number of rotatable bonds is 5. The van der Waals surface area contributed by atoms with Crippen LogP contribution in [0.3, 0.4) is 0 Å². The van der Waals surface area contributed by atoms with Gasteiger partial charge in [0.2, 0.25) is 10.0 Å². The van der Waals surface area contributed by atoms with Crippen LogP contribution in [0.1, 0.15) is 43.7 Å². The van der Waals surface area contributed by atoms with Gasteiger partial charge in [-0.2, -0.15) is 0 Å². The molecule has 0 unspecified atom stereocenters. The van der Waals surface area contributed by atoms with Crippen molar-refractivity contribution in [2.45, 2.75) is 51.1 Å². The minimum absolute atomic E-state index is 0.0309. The summed E-state index contributed by atoms with van der Waals surface area (Å²) in [6.45, 7) is 3.47. The topological polar surface area (TPSA) is 69.7 Å². The first-order valence-corrected chi connectivity index (χ1v) is 12.4. The molecule has 30 heavy (non-hydrogen) atoms. The summed E-state index contributed by atoms with van der Waals surface area (Å²) in [6, 6.07) is 4.20. The van der Waals surface area contributed by atoms with E-state index in [9.17, 15) is 13.2 Å². The van der Waals surface area contributed by atoms with Crippen LogP contribution in [0.5, 0.6) is 0 Å². The number of benzene rings is 1. The number of nitrogens with one attached hydrogen (secondary N) is 1. The highest BCUT2D eigenvalue weighted by molar-refractivity contribution is 7.89. The van der Waals surface area contributed by atoms with Crippen molar-refractivity contribution in [3.63, 3.8) is 0 Å². The number of likely N-dealkylation sites (tertiary alicyclic amines) is 2. The normalized spacial score (nSPS) is 23.7. The van der Waals surface area contributed by atoms with E-state index in [1.54, 1.807) is 34.9 Å². The predicted octanol–water partition coefficient (Wildman–Crippen LogP) is 2.34. The fraction of sp³-hybridized carbons (Fsp3) is 0.591. The smallest absolute Gasteiger partial charge is 0.320 e. The van der Waals surface area contributed by atoms with Gasteiger partial charge in [0.1, 0.15) is 5.82 Å². The fourth-order valence-electron chi connectivity index (χ4n) is 3.95. The lowest BCUT2D eigenvalue weighted by molar-refractivity contribution is 0.120. The summed E-state index contributed by atoms with van der Waals surface area (Å²) in [5.74, 6) is 6.01. The van der Waals surface area contributed by atoms with Gasteiger partial charge in [-0.05, 0) is 50.7 Å². The van der Waals surface area contributed by atoms with E-state index in [4.69, 9.17) is 0 Å². The molecule has 0 bridgehead atoms. The molecule has 1 N–H and O–H groups in total. The van der Waals surface area contributed by atoms with Gasteiger partial charge < -0.3 is 9.80 Å². The van der Waals surface area contributed by atoms with Crippen LogP contribution in [-0.2, 0) is 16.4 Å². The van der Waals surface area contributed by atoms with Crippen LogP contribution in [0, 0.1) is 23.6 Å². The fourth-order valence-corrected chi connectivity index (χ4v) is 4.85. The van der Waals surface area contributed by atoms with Gasteiger partial charge in [0, 0.05) is 31.6 Å². The number of hydrogen-bond donors (Lipinski definition) is 1. The number of carbonyl (C=O) groups is 1. The monoisotopic (exact) mass is 433 g/mol. The predicted molar refractivity (Wildman–Crippen MR) is 113 cm³/mol. The summed E-state index contributed by atoms with van der Waals surface area (Å²) in [5.41, 5.74) is 0.829. The van der Waals surface area contributed by atoms with Crippen LogP contribution in [0.4, 0.5) is 9.18 Å². The van der Waals surface area contributed by atoms with Crippen LogP contribution in [0.15, 0.2) is 18.2 Å². The Hall–Kier alpha value is -2.11. The van der Waals surface area contributed by atoms with E-state index in [-0.39, 0.29) is 24.0 Å². The average molecular weight is 434 g/mol. The minimum Gasteiger partial charge on any atom is -0.325 e. The SMILES string of the molecule is CCS(=O)(=O)N[C@H]1CCN(C(=O)N2CCC2)[C@H]1Cc1cccc(C#CC2CC2)c1F. The summed E-state index contributed by atoms with van der Waals surface area (Å²) in [4.78, 5) is 16.4. The molecule has 3 aliphatic rings. The quantitative estimate of drug-likeness (QED) is 0.725. The van der Waals surface area contributed by atoms with Crippen molar-refractivity contribution in [1.29, 1.82) is 0 Å². The van der Waals surface area contributed by atoms with Gasteiger partial charge in [0.05, 0.1) is 17.4 Å². The number of carbonyl (C=O) groups excluding carboxylic acids is 1. The Labute approximate surface area is 177 Å². The molecule has 8 heteroatoms. The Kier molecular flexibility index (Phi) is 6.03. The molecule has 2 heterocycles. The first kappa shape index (κ1) is 21.1. The molecule has 3 fully saturated rings. The molecule has 2 saturated heterocycles. The maximum atomic E-state index is 15.1. The summed E-state index contributed by atoms with van der Waals surface area (Å²) in [7, 11) is -3.44. The summed E-state index contributed by atoms with van der Waals surface area (Å²) >= 11 is 0. The molecule has 1 aromatic rings. The molecule has 0 radical (unpaired) electrons. The zero-order valence-corrected chi connectivity index (χ0v) is 18.0. The van der Waals surface area contributed by atoms with Crippen LogP contribution in [-0.4, -0.2) is 61.7 Å². The molecule has 2 amide bonds. The van der Waals surface area contributed by atoms with E-state index >= 15 is 4.39 Å². The zero-order chi connectivity index (χ0) is 21.3. The van der Waals surface area contributed by atoms with Crippen molar-refractivity contribution in [3.8, 4) is 11.8 Å². The van der Waals surface area contributed by atoms with E-state index in [2.05, 4.69) is 16.6 Å². The lowest BCUT2D eigenvalue weighted by Crippen LogP contribution is -2.54. The second-order valence-corrected chi connectivity index (χ2v) is 10.4. The maximum absolute atomic E-state index is 15.1. The Morgan fingerprint density at radius 1 is 1.23 bits per heavy atom. The third-order valence-corrected chi connectivity index (χ3v) is 7.55. The molecule has 1 aromatic carbocycles. The summed E-state index contributed by atoms with van der Waals surface area (Å²) in [6.07, 6.45) is 3.90. The Balaban J connectivity index is 1.59. The van der Waals surface area contributed by atoms with E-state index in [0.717, 1.165) is 19.3 Å². The number of halogens is 1. The molecule has 1 aliphatic carbocycles. The largest absolute Gasteiger partial charge is 0.325 e. The van der Waals surface area contributed by atoms with E-state index in [0.29, 0.717) is 43.1 Å². The van der Waals surface area contributed by atoms with Crippen molar-refractivity contribution < 1.29 is 17.6 Å². The Bertz CT molecular complexity index is 977. The molecule has 0 spiro atoms. The van der Waals surface area contributed by atoms with Gasteiger partial charge in [0.15, 0.2) is 0 Å². The molecule has 6 nitrogen and oxygen atoms in total. The van der Waals surface area contributed by atoms with Crippen molar-refractivity contribution in [2.24, 2.45) is 5.92 Å². The number of hydrogen-bond acceptors (Lipinski definition) is 3. The molecular formula is C22H28FN3O3S. The van der Waals surface area contributed by atoms with Crippen molar-refractivity contribution in [1.82, 2.24) is 14.5 Å². The molecule has 1 saturated carbocycles. The number of urea groups is 1. The highest BCUT2D eigenvalue weighted by Gasteiger charge is 2.41. The molecular weight excluding hydrogens is 405 g/mol. The van der Waals surface area contributed by atoms with Gasteiger partial charge in [-0.25, -0.2) is 22.3 Å². The van der Waals surface area contributed by atoms with Crippen LogP contribution in [0.2, 0.25) is 0 Å². The highest BCUT2D eigenvalue weighted by atomic mass is 32.2. The van der Waals surface area contributed by atoms with E-state index < -0.39 is 22.1 Å². The number of nitrogens with zero attached hydrogens (tertiary/aromatic N) is 2. The molecule has 0 aromatic heterocycles. The third kappa shape index (κ3) is 4.62. The van der Waals surface area contributed by atoms with Gasteiger partial charge in [-0.1, -0.05) is 24.0 Å². The molecule has 2 atom stereocenters. The second kappa shape index (κ2) is 8.56. The van der Waals surface area contributed by atoms with E-state index in [1.807, 2.05) is 0 Å². The highest BCUT2D eigenvalue weighted by Crippen LogP contribution is 2.29. The Morgan fingerprint density at radius 3 is 2.63 bits per heavy atom. The first-order chi connectivity index (χ1) is 14.4. The van der Waals surface area contributed by atoms with Crippen molar-refractivity contribution in [3.05, 3.63) is 35.1 Å². The Morgan fingerprint density at radius 2 is 2.00 bits per heavy atom. The minimum atomic E-state index is -3.44. The summed E-state index contributed by atoms with van der Waals surface area (Å²) < 4.78 is 42.2. The molecule has 4 rings (SSSR count). The van der Waals surface area contributed by atoms with Gasteiger partial charge >= 0.3 is 6.03 Å². The second-order valence-electron chi connectivity index (χ2n) is 8.33. The average Bonchev–Trinajstić information content (AvgIpc) is 3.42. The van der Waals surface area contributed by atoms with Crippen LogP contribution in [0.25, 0.3) is 0 Å². The van der Waals surface area contributed by atoms with Crippen LogP contribution < -0.4 is 4.72 Å². The first-order valence-electron chi connectivity index (χ1n) is 10.7. The number of sulfonamides is 1. The van der Waals surface area contributed by atoms with Crippen molar-refractivity contribution in [2.75, 3.05) is 25.4 Å². The lowest BCUT2D eigenvalue weighted by Gasteiger charge is -2.38. The van der Waals surface area contributed by atoms with E-state index in [1.165, 1.54) is 0 Å². The standard InChI is InChI=1S/C22H28FN3O3S/c1-2-30(28,29)24-19-11-14-26(22(27)25-12-4-13-25)20(19)15-18-6-3-5-17(21(18)23)10-9-16-7-8-16/h3,5-6,16,19-20,24H,2,4,7-8,11-15H2,1H3/t19-,20-/m0/s1. The third-order valence-electron chi connectivity index (χ3n) is 6.13. The number of amides is 2. The maximum Gasteiger partial charge on any atom is 0.320 e.